The number of aromatic nitrogens is 2. The van der Waals surface area contributed by atoms with Gasteiger partial charge in [-0.25, -0.2) is 9.37 Å². The second-order valence-electron chi connectivity index (χ2n) is 7.28. The Morgan fingerprint density at radius 2 is 2.30 bits per heavy atom. The predicted octanol–water partition coefficient (Wildman–Crippen LogP) is 3.65. The zero-order chi connectivity index (χ0) is 19.6. The Balaban J connectivity index is 1.89. The van der Waals surface area contributed by atoms with E-state index in [0.717, 1.165) is 18.9 Å². The first-order valence-corrected chi connectivity index (χ1v) is 9.13. The normalized spacial score (nSPS) is 18.9. The zero-order valence-electron chi connectivity index (χ0n) is 15.3. The van der Waals surface area contributed by atoms with E-state index in [0.29, 0.717) is 29.7 Å². The van der Waals surface area contributed by atoms with Crippen molar-refractivity contribution in [2.24, 2.45) is 11.7 Å². The van der Waals surface area contributed by atoms with E-state index in [9.17, 15) is 9.18 Å². The number of nitrogens with one attached hydrogen (secondary N) is 1. The van der Waals surface area contributed by atoms with Gasteiger partial charge in [0.15, 0.2) is 11.6 Å². The summed E-state index contributed by atoms with van der Waals surface area (Å²) >= 11 is 6.18. The summed E-state index contributed by atoms with van der Waals surface area (Å²) < 4.78 is 20.2. The van der Waals surface area contributed by atoms with E-state index >= 15 is 0 Å². The Morgan fingerprint density at radius 1 is 1.52 bits per heavy atom. The molecule has 8 heteroatoms. The molecule has 1 aliphatic heterocycles. The molecule has 0 aromatic carbocycles. The highest BCUT2D eigenvalue weighted by molar-refractivity contribution is 6.33. The van der Waals surface area contributed by atoms with Crippen molar-refractivity contribution in [2.45, 2.75) is 32.3 Å². The summed E-state index contributed by atoms with van der Waals surface area (Å²) in [7, 11) is 0. The number of anilines is 1. The van der Waals surface area contributed by atoms with Crippen LogP contribution in [0.4, 0.5) is 10.2 Å². The van der Waals surface area contributed by atoms with Crippen LogP contribution in [0.25, 0.3) is 11.3 Å². The zero-order valence-corrected chi connectivity index (χ0v) is 16.0. The maximum atomic E-state index is 14.5. The number of carbonyl (C=O) groups excluding carboxylic acids is 1. The number of amides is 1. The Bertz CT molecular complexity index is 860. The van der Waals surface area contributed by atoms with Crippen molar-refractivity contribution >= 4 is 23.3 Å². The molecule has 3 heterocycles. The van der Waals surface area contributed by atoms with Gasteiger partial charge in [0, 0.05) is 31.1 Å². The number of primary amides is 1. The summed E-state index contributed by atoms with van der Waals surface area (Å²) in [5.41, 5.74) is 5.88. The molecule has 1 fully saturated rings. The highest BCUT2D eigenvalue weighted by Gasteiger charge is 2.29. The summed E-state index contributed by atoms with van der Waals surface area (Å²) in [6.07, 6.45) is 4.71. The van der Waals surface area contributed by atoms with Crippen molar-refractivity contribution in [1.29, 1.82) is 0 Å². The first kappa shape index (κ1) is 19.5. The summed E-state index contributed by atoms with van der Waals surface area (Å²) in [5, 5.41) is 3.37. The molecule has 2 aromatic rings. The topological polar surface area (TPSA) is 90.1 Å². The molecular weight excluding hydrogens is 371 g/mol. The van der Waals surface area contributed by atoms with Gasteiger partial charge in [0.2, 0.25) is 0 Å². The Kier molecular flexibility index (Phi) is 5.62. The number of ether oxygens (including phenoxy) is 1. The van der Waals surface area contributed by atoms with E-state index < -0.39 is 11.7 Å². The van der Waals surface area contributed by atoms with E-state index in [1.165, 1.54) is 12.4 Å². The summed E-state index contributed by atoms with van der Waals surface area (Å²) in [5.74, 6) is -1.02. The molecule has 6 nitrogen and oxygen atoms in total. The fourth-order valence-electron chi connectivity index (χ4n) is 3.35. The Labute approximate surface area is 162 Å². The molecule has 1 amide bonds. The smallest absolute Gasteiger partial charge is 0.251 e. The monoisotopic (exact) mass is 392 g/mol. The molecule has 144 valence electrons. The SMILES string of the molecule is CC1(C)C[C@@H](CNc2nc(-c3ccncc3Cl)c(C(N)=O)cc2F)CCO1. The molecule has 0 bridgehead atoms. The van der Waals surface area contributed by atoms with Crippen LogP contribution in [0.15, 0.2) is 24.5 Å². The van der Waals surface area contributed by atoms with Crippen LogP contribution in [0.3, 0.4) is 0 Å². The van der Waals surface area contributed by atoms with Gasteiger partial charge < -0.3 is 15.8 Å². The van der Waals surface area contributed by atoms with Gasteiger partial charge in [0.1, 0.15) is 0 Å². The van der Waals surface area contributed by atoms with E-state index in [1.54, 1.807) is 6.07 Å². The van der Waals surface area contributed by atoms with Crippen LogP contribution < -0.4 is 11.1 Å². The van der Waals surface area contributed by atoms with Crippen molar-refractivity contribution in [1.82, 2.24) is 9.97 Å². The molecule has 1 aliphatic rings. The van der Waals surface area contributed by atoms with Crippen LogP contribution in [-0.4, -0.2) is 34.6 Å². The van der Waals surface area contributed by atoms with Gasteiger partial charge in [-0.1, -0.05) is 11.6 Å². The molecular formula is C19H22ClFN4O2. The minimum atomic E-state index is -0.776. The Morgan fingerprint density at radius 3 is 2.96 bits per heavy atom. The summed E-state index contributed by atoms with van der Waals surface area (Å²) in [4.78, 5) is 20.0. The number of hydrogen-bond donors (Lipinski definition) is 2. The van der Waals surface area contributed by atoms with Gasteiger partial charge in [0.05, 0.1) is 21.9 Å². The van der Waals surface area contributed by atoms with Crippen LogP contribution in [0.2, 0.25) is 5.02 Å². The number of hydrogen-bond acceptors (Lipinski definition) is 5. The van der Waals surface area contributed by atoms with E-state index in [4.69, 9.17) is 22.1 Å². The molecule has 1 atom stereocenters. The number of nitrogens with zero attached hydrogens (tertiary/aromatic N) is 2. The van der Waals surface area contributed by atoms with E-state index in [1.807, 2.05) is 13.8 Å². The maximum Gasteiger partial charge on any atom is 0.251 e. The van der Waals surface area contributed by atoms with Crippen molar-refractivity contribution in [3.8, 4) is 11.3 Å². The quantitative estimate of drug-likeness (QED) is 0.810. The van der Waals surface area contributed by atoms with Crippen LogP contribution in [0, 0.1) is 11.7 Å². The minimum Gasteiger partial charge on any atom is -0.376 e. The molecule has 27 heavy (non-hydrogen) atoms. The number of nitrogens with two attached hydrogens (primary N) is 1. The molecule has 0 saturated carbocycles. The van der Waals surface area contributed by atoms with Crippen LogP contribution in [0.1, 0.15) is 37.0 Å². The van der Waals surface area contributed by atoms with Crippen LogP contribution in [0.5, 0.6) is 0 Å². The van der Waals surface area contributed by atoms with Gasteiger partial charge in [-0.05, 0) is 44.7 Å². The largest absolute Gasteiger partial charge is 0.376 e. The number of carbonyl (C=O) groups is 1. The van der Waals surface area contributed by atoms with Crippen molar-refractivity contribution in [2.75, 3.05) is 18.5 Å². The highest BCUT2D eigenvalue weighted by Crippen LogP contribution is 2.32. The van der Waals surface area contributed by atoms with Crippen molar-refractivity contribution < 1.29 is 13.9 Å². The first-order valence-electron chi connectivity index (χ1n) is 8.75. The molecule has 1 saturated heterocycles. The van der Waals surface area contributed by atoms with Gasteiger partial charge in [-0.15, -0.1) is 0 Å². The fourth-order valence-corrected chi connectivity index (χ4v) is 3.56. The summed E-state index contributed by atoms with van der Waals surface area (Å²) in [6, 6.07) is 2.71. The van der Waals surface area contributed by atoms with Crippen molar-refractivity contribution in [3.63, 3.8) is 0 Å². The standard InChI is InChI=1S/C19H22ClFN4O2/c1-19(2)8-11(4-6-27-19)9-24-18-15(21)7-13(17(22)26)16(25-18)12-3-5-23-10-14(12)20/h3,5,7,10-11H,4,6,8-9H2,1-2H3,(H2,22,26)(H,24,25)/t11-/m0/s1. The second-order valence-corrected chi connectivity index (χ2v) is 7.69. The second kappa shape index (κ2) is 7.78. The molecule has 0 radical (unpaired) electrons. The van der Waals surface area contributed by atoms with E-state index in [2.05, 4.69) is 15.3 Å². The third kappa shape index (κ3) is 4.54. The van der Waals surface area contributed by atoms with E-state index in [-0.39, 0.29) is 22.7 Å². The molecule has 0 aliphatic carbocycles. The lowest BCUT2D eigenvalue weighted by atomic mass is 9.88. The van der Waals surface area contributed by atoms with Crippen LogP contribution >= 0.6 is 11.6 Å². The first-order chi connectivity index (χ1) is 12.8. The fraction of sp³-hybridized carbons (Fsp3) is 0.421. The van der Waals surface area contributed by atoms with Gasteiger partial charge in [0.25, 0.3) is 5.91 Å². The third-order valence-electron chi connectivity index (χ3n) is 4.63. The van der Waals surface area contributed by atoms with Crippen LogP contribution in [-0.2, 0) is 4.74 Å². The molecule has 3 rings (SSSR count). The predicted molar refractivity (Wildman–Crippen MR) is 102 cm³/mol. The van der Waals surface area contributed by atoms with Gasteiger partial charge >= 0.3 is 0 Å². The third-order valence-corrected chi connectivity index (χ3v) is 4.93. The lowest BCUT2D eigenvalue weighted by molar-refractivity contribution is -0.0700. The number of halogens is 2. The summed E-state index contributed by atoms with van der Waals surface area (Å²) in [6.45, 7) is 5.32. The molecule has 3 N–H and O–H groups in total. The van der Waals surface area contributed by atoms with Crippen molar-refractivity contribution in [3.05, 3.63) is 40.9 Å². The average molecular weight is 393 g/mol. The maximum absolute atomic E-state index is 14.5. The highest BCUT2D eigenvalue weighted by atomic mass is 35.5. The lowest BCUT2D eigenvalue weighted by Gasteiger charge is -2.35. The number of pyridine rings is 2. The Hall–Kier alpha value is -2.25. The lowest BCUT2D eigenvalue weighted by Crippen LogP contribution is -2.36. The average Bonchev–Trinajstić information content (AvgIpc) is 2.60. The molecule has 0 spiro atoms. The van der Waals surface area contributed by atoms with Gasteiger partial charge in [-0.3, -0.25) is 9.78 Å². The molecule has 2 aromatic heterocycles. The minimum absolute atomic E-state index is 0.0293. The number of rotatable bonds is 5. The molecule has 0 unspecified atom stereocenters. The van der Waals surface area contributed by atoms with Gasteiger partial charge in [-0.2, -0.15) is 0 Å².